The molecule has 0 spiro atoms. The topological polar surface area (TPSA) is 9.23 Å². The molecule has 0 saturated carbocycles. The molecule has 1 heteroatoms. The third kappa shape index (κ3) is 5.25. The molecule has 1 nitrogen and oxygen atoms in total. The van der Waals surface area contributed by atoms with Gasteiger partial charge in [-0.1, -0.05) is 34.1 Å². The predicted octanol–water partition coefficient (Wildman–Crippen LogP) is 3.24. The molecule has 0 aliphatic heterocycles. The molecular formula is C10H22O. The third-order valence-corrected chi connectivity index (χ3v) is 1.98. The molecule has 0 radical (unpaired) electrons. The van der Waals surface area contributed by atoms with Gasteiger partial charge in [0.05, 0.1) is 6.10 Å². The van der Waals surface area contributed by atoms with Gasteiger partial charge in [-0.05, 0) is 18.8 Å². The molecule has 1 atom stereocenters. The van der Waals surface area contributed by atoms with Crippen LogP contribution >= 0.6 is 0 Å². The largest absolute Gasteiger partial charge is 0.378 e. The van der Waals surface area contributed by atoms with E-state index in [0.717, 1.165) is 13.0 Å². The summed E-state index contributed by atoms with van der Waals surface area (Å²) in [4.78, 5) is 0. The first kappa shape index (κ1) is 11.0. The zero-order chi connectivity index (χ0) is 8.69. The first-order valence-electron chi connectivity index (χ1n) is 4.83. The summed E-state index contributed by atoms with van der Waals surface area (Å²) in [5.74, 6) is 0.664. The van der Waals surface area contributed by atoms with Gasteiger partial charge in [-0.2, -0.15) is 0 Å². The third-order valence-electron chi connectivity index (χ3n) is 1.98. The summed E-state index contributed by atoms with van der Waals surface area (Å²) >= 11 is 0. The second kappa shape index (κ2) is 6.66. The number of hydrogen-bond acceptors (Lipinski definition) is 1. The van der Waals surface area contributed by atoms with Gasteiger partial charge in [-0.3, -0.25) is 0 Å². The van der Waals surface area contributed by atoms with Crippen LogP contribution in [0.2, 0.25) is 0 Å². The standard InChI is InChI=1S/C10H22O/c1-5-7-8-11-10(6-2)9(3)4/h9-10H,5-8H2,1-4H3. The Hall–Kier alpha value is -0.0400. The molecule has 0 amide bonds. The van der Waals surface area contributed by atoms with E-state index in [2.05, 4.69) is 27.7 Å². The fourth-order valence-corrected chi connectivity index (χ4v) is 1.16. The molecule has 0 saturated heterocycles. The van der Waals surface area contributed by atoms with Crippen LogP contribution in [0.1, 0.15) is 47.0 Å². The molecule has 0 fully saturated rings. The number of unbranched alkanes of at least 4 members (excludes halogenated alkanes) is 1. The van der Waals surface area contributed by atoms with Crippen LogP contribution < -0.4 is 0 Å². The molecule has 0 heterocycles. The molecule has 1 unspecified atom stereocenters. The Kier molecular flexibility index (Phi) is 6.63. The Morgan fingerprint density at radius 3 is 2.18 bits per heavy atom. The van der Waals surface area contributed by atoms with E-state index in [-0.39, 0.29) is 0 Å². The van der Waals surface area contributed by atoms with E-state index >= 15 is 0 Å². The fraction of sp³-hybridized carbons (Fsp3) is 1.00. The van der Waals surface area contributed by atoms with Crippen molar-refractivity contribution >= 4 is 0 Å². The number of rotatable bonds is 6. The Bertz CT molecular complexity index is 78.9. The summed E-state index contributed by atoms with van der Waals surface area (Å²) in [6, 6.07) is 0. The van der Waals surface area contributed by atoms with E-state index in [4.69, 9.17) is 4.74 Å². The monoisotopic (exact) mass is 158 g/mol. The minimum Gasteiger partial charge on any atom is -0.378 e. The summed E-state index contributed by atoms with van der Waals surface area (Å²) in [5, 5.41) is 0. The minimum atomic E-state index is 0.474. The Labute approximate surface area is 71.1 Å². The molecule has 68 valence electrons. The predicted molar refractivity (Wildman–Crippen MR) is 49.8 cm³/mol. The maximum absolute atomic E-state index is 5.69. The maximum atomic E-state index is 5.69. The first-order valence-corrected chi connectivity index (χ1v) is 4.83. The zero-order valence-corrected chi connectivity index (χ0v) is 8.39. The Morgan fingerprint density at radius 1 is 1.18 bits per heavy atom. The molecule has 0 aromatic carbocycles. The van der Waals surface area contributed by atoms with Crippen LogP contribution in [0, 0.1) is 5.92 Å². The minimum absolute atomic E-state index is 0.474. The smallest absolute Gasteiger partial charge is 0.0595 e. The summed E-state index contributed by atoms with van der Waals surface area (Å²) < 4.78 is 5.69. The summed E-state index contributed by atoms with van der Waals surface area (Å²) in [6.07, 6.45) is 4.04. The highest BCUT2D eigenvalue weighted by molar-refractivity contribution is 4.59. The van der Waals surface area contributed by atoms with Gasteiger partial charge in [0.1, 0.15) is 0 Å². The maximum Gasteiger partial charge on any atom is 0.0595 e. The normalized spacial score (nSPS) is 13.9. The van der Waals surface area contributed by atoms with Gasteiger partial charge in [0.15, 0.2) is 0 Å². The lowest BCUT2D eigenvalue weighted by Gasteiger charge is -2.19. The summed E-state index contributed by atoms with van der Waals surface area (Å²) in [5.41, 5.74) is 0. The van der Waals surface area contributed by atoms with Crippen molar-refractivity contribution in [2.45, 2.75) is 53.1 Å². The molecule has 0 bridgehead atoms. The van der Waals surface area contributed by atoms with Crippen LogP contribution in [-0.4, -0.2) is 12.7 Å². The van der Waals surface area contributed by atoms with E-state index in [9.17, 15) is 0 Å². The molecule has 0 aromatic rings. The molecule has 0 aliphatic carbocycles. The van der Waals surface area contributed by atoms with Crippen molar-refractivity contribution in [2.75, 3.05) is 6.61 Å². The lowest BCUT2D eigenvalue weighted by molar-refractivity contribution is 0.0186. The van der Waals surface area contributed by atoms with Gasteiger partial charge in [-0.15, -0.1) is 0 Å². The highest BCUT2D eigenvalue weighted by Crippen LogP contribution is 2.10. The molecular weight excluding hydrogens is 136 g/mol. The van der Waals surface area contributed by atoms with Crippen LogP contribution in [0.15, 0.2) is 0 Å². The highest BCUT2D eigenvalue weighted by atomic mass is 16.5. The first-order chi connectivity index (χ1) is 5.22. The van der Waals surface area contributed by atoms with Gasteiger partial charge in [0, 0.05) is 6.61 Å². The second-order valence-electron chi connectivity index (χ2n) is 3.42. The van der Waals surface area contributed by atoms with Gasteiger partial charge in [0.2, 0.25) is 0 Å². The number of ether oxygens (including phenoxy) is 1. The van der Waals surface area contributed by atoms with E-state index in [1.54, 1.807) is 0 Å². The fourth-order valence-electron chi connectivity index (χ4n) is 1.16. The van der Waals surface area contributed by atoms with E-state index in [0.29, 0.717) is 12.0 Å². The Balaban J connectivity index is 3.36. The number of hydrogen-bond donors (Lipinski definition) is 0. The summed E-state index contributed by atoms with van der Waals surface area (Å²) in [6.45, 7) is 9.77. The van der Waals surface area contributed by atoms with Gasteiger partial charge >= 0.3 is 0 Å². The van der Waals surface area contributed by atoms with Crippen molar-refractivity contribution < 1.29 is 4.74 Å². The van der Waals surface area contributed by atoms with E-state index in [1.165, 1.54) is 12.8 Å². The van der Waals surface area contributed by atoms with Crippen molar-refractivity contribution in [3.63, 3.8) is 0 Å². The highest BCUT2D eigenvalue weighted by Gasteiger charge is 2.09. The molecule has 0 aliphatic rings. The molecule has 11 heavy (non-hydrogen) atoms. The lowest BCUT2D eigenvalue weighted by Crippen LogP contribution is -2.19. The average molecular weight is 158 g/mol. The second-order valence-corrected chi connectivity index (χ2v) is 3.42. The van der Waals surface area contributed by atoms with E-state index in [1.807, 2.05) is 0 Å². The SMILES string of the molecule is CCCCOC(CC)C(C)C. The Morgan fingerprint density at radius 2 is 1.82 bits per heavy atom. The van der Waals surface area contributed by atoms with Crippen LogP contribution in [0.4, 0.5) is 0 Å². The van der Waals surface area contributed by atoms with Crippen molar-refractivity contribution in [1.29, 1.82) is 0 Å². The zero-order valence-electron chi connectivity index (χ0n) is 8.39. The molecule has 0 aromatic heterocycles. The van der Waals surface area contributed by atoms with Crippen molar-refractivity contribution in [3.05, 3.63) is 0 Å². The van der Waals surface area contributed by atoms with Gasteiger partial charge < -0.3 is 4.74 Å². The lowest BCUT2D eigenvalue weighted by atomic mass is 10.1. The quantitative estimate of drug-likeness (QED) is 0.539. The van der Waals surface area contributed by atoms with Gasteiger partial charge in [0.25, 0.3) is 0 Å². The molecule has 0 rings (SSSR count). The van der Waals surface area contributed by atoms with Crippen LogP contribution in [0.3, 0.4) is 0 Å². The van der Waals surface area contributed by atoms with Crippen molar-refractivity contribution in [3.8, 4) is 0 Å². The van der Waals surface area contributed by atoms with Crippen molar-refractivity contribution in [2.24, 2.45) is 5.92 Å². The van der Waals surface area contributed by atoms with E-state index < -0.39 is 0 Å². The van der Waals surface area contributed by atoms with Gasteiger partial charge in [-0.25, -0.2) is 0 Å². The van der Waals surface area contributed by atoms with Crippen molar-refractivity contribution in [1.82, 2.24) is 0 Å². The van der Waals surface area contributed by atoms with Crippen LogP contribution in [0.5, 0.6) is 0 Å². The van der Waals surface area contributed by atoms with Crippen LogP contribution in [0.25, 0.3) is 0 Å². The average Bonchev–Trinajstić information content (AvgIpc) is 1.97. The molecule has 0 N–H and O–H groups in total. The van der Waals surface area contributed by atoms with Crippen LogP contribution in [-0.2, 0) is 4.74 Å². The summed E-state index contributed by atoms with van der Waals surface area (Å²) in [7, 11) is 0.